The number of hydrogen-bond acceptors (Lipinski definition) is 4. The van der Waals surface area contributed by atoms with E-state index in [0.29, 0.717) is 30.3 Å². The second-order valence-electron chi connectivity index (χ2n) is 5.53. The molecule has 2 aromatic rings. The zero-order valence-electron chi connectivity index (χ0n) is 13.1. The van der Waals surface area contributed by atoms with Crippen molar-refractivity contribution in [3.05, 3.63) is 48.5 Å². The molecular weight excluding hydrogens is 314 g/mol. The van der Waals surface area contributed by atoms with Crippen molar-refractivity contribution >= 4 is 15.7 Å². The molecule has 1 aliphatic heterocycles. The van der Waals surface area contributed by atoms with Crippen molar-refractivity contribution < 1.29 is 17.9 Å². The standard InChI is InChI=1S/C17H19NO4S/c1-13(2)22-14-7-9-15(10-8-14)23(19,20)18-11-12-21-17-6-4-3-5-16(17)18/h3-10,13H,11-12H2,1-2H3. The number of para-hydroxylation sites is 2. The molecule has 0 unspecified atom stereocenters. The Kier molecular flexibility index (Phi) is 4.17. The summed E-state index contributed by atoms with van der Waals surface area (Å²) >= 11 is 0. The van der Waals surface area contributed by atoms with Crippen LogP contribution in [0.4, 0.5) is 5.69 Å². The molecule has 0 spiro atoms. The number of nitrogens with zero attached hydrogens (tertiary/aromatic N) is 1. The molecule has 122 valence electrons. The molecule has 0 aromatic heterocycles. The molecule has 0 N–H and O–H groups in total. The highest BCUT2D eigenvalue weighted by atomic mass is 32.2. The molecule has 0 fully saturated rings. The van der Waals surface area contributed by atoms with Gasteiger partial charge in [0, 0.05) is 0 Å². The van der Waals surface area contributed by atoms with E-state index >= 15 is 0 Å². The maximum Gasteiger partial charge on any atom is 0.264 e. The maximum absolute atomic E-state index is 12.9. The van der Waals surface area contributed by atoms with Crippen LogP contribution in [-0.4, -0.2) is 27.7 Å². The van der Waals surface area contributed by atoms with Crippen LogP contribution in [0.2, 0.25) is 0 Å². The lowest BCUT2D eigenvalue weighted by molar-refractivity contribution is 0.242. The highest BCUT2D eigenvalue weighted by molar-refractivity contribution is 7.92. The first kappa shape index (κ1) is 15.7. The van der Waals surface area contributed by atoms with Crippen LogP contribution >= 0.6 is 0 Å². The molecule has 2 aromatic carbocycles. The van der Waals surface area contributed by atoms with Crippen LogP contribution in [0.5, 0.6) is 11.5 Å². The lowest BCUT2D eigenvalue weighted by Gasteiger charge is -2.30. The predicted molar refractivity (Wildman–Crippen MR) is 88.7 cm³/mol. The summed E-state index contributed by atoms with van der Waals surface area (Å²) in [5.41, 5.74) is 0.571. The molecule has 0 atom stereocenters. The van der Waals surface area contributed by atoms with Crippen molar-refractivity contribution in [3.63, 3.8) is 0 Å². The van der Waals surface area contributed by atoms with E-state index in [1.54, 1.807) is 42.5 Å². The summed E-state index contributed by atoms with van der Waals surface area (Å²) in [6.45, 7) is 4.49. The Morgan fingerprint density at radius 2 is 1.78 bits per heavy atom. The molecule has 0 amide bonds. The SMILES string of the molecule is CC(C)Oc1ccc(S(=O)(=O)N2CCOc3ccccc32)cc1. The maximum atomic E-state index is 12.9. The second kappa shape index (κ2) is 6.12. The minimum Gasteiger partial charge on any atom is -0.491 e. The summed E-state index contributed by atoms with van der Waals surface area (Å²) in [7, 11) is -3.62. The van der Waals surface area contributed by atoms with E-state index in [9.17, 15) is 8.42 Å². The van der Waals surface area contributed by atoms with E-state index in [1.165, 1.54) is 4.31 Å². The van der Waals surface area contributed by atoms with Gasteiger partial charge in [0.2, 0.25) is 0 Å². The average Bonchev–Trinajstić information content (AvgIpc) is 2.54. The normalized spacial score (nSPS) is 14.3. The number of fused-ring (bicyclic) bond motifs is 1. The molecule has 0 saturated carbocycles. The molecule has 23 heavy (non-hydrogen) atoms. The van der Waals surface area contributed by atoms with Crippen molar-refractivity contribution in [2.24, 2.45) is 0 Å². The Labute approximate surface area is 136 Å². The third-order valence-corrected chi connectivity index (χ3v) is 5.30. The van der Waals surface area contributed by atoms with Gasteiger partial charge < -0.3 is 9.47 Å². The van der Waals surface area contributed by atoms with Gasteiger partial charge in [-0.15, -0.1) is 0 Å². The van der Waals surface area contributed by atoms with Gasteiger partial charge >= 0.3 is 0 Å². The zero-order valence-corrected chi connectivity index (χ0v) is 13.9. The molecule has 3 rings (SSSR count). The van der Waals surface area contributed by atoms with Gasteiger partial charge in [-0.05, 0) is 50.2 Å². The van der Waals surface area contributed by atoms with E-state index in [1.807, 2.05) is 19.9 Å². The second-order valence-corrected chi connectivity index (χ2v) is 7.39. The lowest BCUT2D eigenvalue weighted by Crippen LogP contribution is -2.37. The van der Waals surface area contributed by atoms with Crippen molar-refractivity contribution in [2.45, 2.75) is 24.8 Å². The van der Waals surface area contributed by atoms with Gasteiger partial charge in [0.05, 0.1) is 23.2 Å². The topological polar surface area (TPSA) is 55.8 Å². The minimum atomic E-state index is -3.62. The van der Waals surface area contributed by atoms with Crippen LogP contribution in [0.3, 0.4) is 0 Å². The Hall–Kier alpha value is -2.21. The van der Waals surface area contributed by atoms with Crippen molar-refractivity contribution in [1.82, 2.24) is 0 Å². The Morgan fingerprint density at radius 3 is 2.48 bits per heavy atom. The quantitative estimate of drug-likeness (QED) is 0.863. The molecule has 1 heterocycles. The highest BCUT2D eigenvalue weighted by Crippen LogP contribution is 2.35. The molecule has 0 bridgehead atoms. The average molecular weight is 333 g/mol. The van der Waals surface area contributed by atoms with Gasteiger partial charge in [-0.3, -0.25) is 4.31 Å². The highest BCUT2D eigenvalue weighted by Gasteiger charge is 2.29. The monoisotopic (exact) mass is 333 g/mol. The molecule has 5 nitrogen and oxygen atoms in total. The third-order valence-electron chi connectivity index (χ3n) is 3.47. The molecule has 0 aliphatic carbocycles. The predicted octanol–water partition coefficient (Wildman–Crippen LogP) is 3.06. The summed E-state index contributed by atoms with van der Waals surface area (Å²) in [5, 5.41) is 0. The van der Waals surface area contributed by atoms with E-state index in [-0.39, 0.29) is 11.0 Å². The van der Waals surface area contributed by atoms with Crippen molar-refractivity contribution in [3.8, 4) is 11.5 Å². The van der Waals surface area contributed by atoms with Crippen LogP contribution in [0.15, 0.2) is 53.4 Å². The Bertz CT molecular complexity index is 784. The lowest BCUT2D eigenvalue weighted by atomic mass is 10.2. The number of ether oxygens (including phenoxy) is 2. The molecule has 6 heteroatoms. The summed E-state index contributed by atoms with van der Waals surface area (Å²) in [6, 6.07) is 13.7. The molecule has 0 saturated heterocycles. The number of rotatable bonds is 4. The smallest absolute Gasteiger partial charge is 0.264 e. The Balaban J connectivity index is 1.93. The third kappa shape index (κ3) is 3.12. The first-order valence-corrected chi connectivity index (χ1v) is 8.94. The Morgan fingerprint density at radius 1 is 1.09 bits per heavy atom. The van der Waals surface area contributed by atoms with E-state index in [2.05, 4.69) is 0 Å². The fraction of sp³-hybridized carbons (Fsp3) is 0.294. The largest absolute Gasteiger partial charge is 0.491 e. The van der Waals surface area contributed by atoms with E-state index < -0.39 is 10.0 Å². The number of sulfonamides is 1. The van der Waals surface area contributed by atoms with Crippen LogP contribution in [0.25, 0.3) is 0 Å². The fourth-order valence-electron chi connectivity index (χ4n) is 2.48. The van der Waals surface area contributed by atoms with Gasteiger partial charge in [-0.1, -0.05) is 12.1 Å². The van der Waals surface area contributed by atoms with Crippen LogP contribution in [0.1, 0.15) is 13.8 Å². The van der Waals surface area contributed by atoms with Crippen molar-refractivity contribution in [2.75, 3.05) is 17.5 Å². The van der Waals surface area contributed by atoms with Gasteiger partial charge in [0.15, 0.2) is 0 Å². The zero-order chi connectivity index (χ0) is 16.4. The summed E-state index contributed by atoms with van der Waals surface area (Å²) in [5.74, 6) is 1.24. The van der Waals surface area contributed by atoms with Gasteiger partial charge in [-0.25, -0.2) is 8.42 Å². The number of hydrogen-bond donors (Lipinski definition) is 0. The van der Waals surface area contributed by atoms with Gasteiger partial charge in [0.25, 0.3) is 10.0 Å². The van der Waals surface area contributed by atoms with Crippen LogP contribution in [0, 0.1) is 0 Å². The summed E-state index contributed by atoms with van der Waals surface area (Å²) in [4.78, 5) is 0.241. The summed E-state index contributed by atoms with van der Waals surface area (Å²) in [6.07, 6.45) is 0.0450. The van der Waals surface area contributed by atoms with Gasteiger partial charge in [-0.2, -0.15) is 0 Å². The van der Waals surface area contributed by atoms with Crippen molar-refractivity contribution in [1.29, 1.82) is 0 Å². The minimum absolute atomic E-state index is 0.0450. The first-order chi connectivity index (χ1) is 11.0. The van der Waals surface area contributed by atoms with E-state index in [4.69, 9.17) is 9.47 Å². The first-order valence-electron chi connectivity index (χ1n) is 7.50. The molecule has 1 aliphatic rings. The molecule has 0 radical (unpaired) electrons. The fourth-order valence-corrected chi connectivity index (χ4v) is 3.94. The van der Waals surface area contributed by atoms with Crippen LogP contribution < -0.4 is 13.8 Å². The van der Waals surface area contributed by atoms with Crippen LogP contribution in [-0.2, 0) is 10.0 Å². The summed E-state index contributed by atoms with van der Waals surface area (Å²) < 4.78 is 38.3. The van der Waals surface area contributed by atoms with Gasteiger partial charge in [0.1, 0.15) is 18.1 Å². The van der Waals surface area contributed by atoms with E-state index in [0.717, 1.165) is 0 Å². The number of benzene rings is 2. The molecular formula is C17H19NO4S. The number of anilines is 1.